The molecule has 0 bridgehead atoms. The standard InChI is InChI=1S/C13H17BrN4O/c1-9-13(14)12(18(3)17-9)8-19-11-5-4-10(6-15-2)16-7-11/h4-5,7,15H,6,8H2,1-3H3. The number of hydrogen-bond donors (Lipinski definition) is 1. The van der Waals surface area contributed by atoms with Crippen LogP contribution in [0.1, 0.15) is 17.1 Å². The van der Waals surface area contributed by atoms with Crippen molar-refractivity contribution < 1.29 is 4.74 Å². The van der Waals surface area contributed by atoms with Crippen LogP contribution in [0.2, 0.25) is 0 Å². The van der Waals surface area contributed by atoms with E-state index in [4.69, 9.17) is 4.74 Å². The Morgan fingerprint density at radius 3 is 2.74 bits per heavy atom. The lowest BCUT2D eigenvalue weighted by Gasteiger charge is -2.07. The largest absolute Gasteiger partial charge is 0.486 e. The van der Waals surface area contributed by atoms with Gasteiger partial charge in [-0.05, 0) is 42.0 Å². The quantitative estimate of drug-likeness (QED) is 0.916. The number of ether oxygens (including phenoxy) is 1. The molecule has 0 spiro atoms. The van der Waals surface area contributed by atoms with Gasteiger partial charge in [-0.3, -0.25) is 9.67 Å². The summed E-state index contributed by atoms with van der Waals surface area (Å²) >= 11 is 3.52. The molecule has 0 saturated carbocycles. The summed E-state index contributed by atoms with van der Waals surface area (Å²) in [5.74, 6) is 0.755. The van der Waals surface area contributed by atoms with Crippen LogP contribution in [-0.2, 0) is 20.2 Å². The molecule has 5 nitrogen and oxygen atoms in total. The van der Waals surface area contributed by atoms with Crippen molar-refractivity contribution in [3.63, 3.8) is 0 Å². The molecule has 1 N–H and O–H groups in total. The highest BCUT2D eigenvalue weighted by atomic mass is 79.9. The molecule has 19 heavy (non-hydrogen) atoms. The minimum atomic E-state index is 0.463. The number of aromatic nitrogens is 3. The zero-order valence-electron chi connectivity index (χ0n) is 11.3. The normalized spacial score (nSPS) is 10.7. The Balaban J connectivity index is 2.02. The highest BCUT2D eigenvalue weighted by Crippen LogP contribution is 2.21. The van der Waals surface area contributed by atoms with Gasteiger partial charge in [0, 0.05) is 13.6 Å². The van der Waals surface area contributed by atoms with Crippen LogP contribution in [-0.4, -0.2) is 21.8 Å². The van der Waals surface area contributed by atoms with Gasteiger partial charge >= 0.3 is 0 Å². The number of nitrogens with zero attached hydrogens (tertiary/aromatic N) is 3. The molecule has 0 saturated heterocycles. The molecular weight excluding hydrogens is 308 g/mol. The molecule has 2 heterocycles. The highest BCUT2D eigenvalue weighted by molar-refractivity contribution is 9.10. The fourth-order valence-corrected chi connectivity index (χ4v) is 2.22. The van der Waals surface area contributed by atoms with Crippen molar-refractivity contribution in [2.75, 3.05) is 7.05 Å². The molecule has 102 valence electrons. The lowest BCUT2D eigenvalue weighted by molar-refractivity contribution is 0.292. The summed E-state index contributed by atoms with van der Waals surface area (Å²) in [5, 5.41) is 7.39. The highest BCUT2D eigenvalue weighted by Gasteiger charge is 2.11. The number of halogens is 1. The van der Waals surface area contributed by atoms with Gasteiger partial charge in [0.15, 0.2) is 0 Å². The summed E-state index contributed by atoms with van der Waals surface area (Å²) in [6, 6.07) is 3.88. The first-order valence-corrected chi connectivity index (χ1v) is 6.81. The van der Waals surface area contributed by atoms with Crippen LogP contribution >= 0.6 is 15.9 Å². The lowest BCUT2D eigenvalue weighted by Crippen LogP contribution is -2.07. The lowest BCUT2D eigenvalue weighted by atomic mass is 10.3. The maximum atomic E-state index is 5.73. The SMILES string of the molecule is CNCc1ccc(OCc2c(Br)c(C)nn2C)cn1. The Labute approximate surface area is 121 Å². The molecular formula is C13H17BrN4O. The maximum absolute atomic E-state index is 5.73. The minimum Gasteiger partial charge on any atom is -0.486 e. The van der Waals surface area contributed by atoms with E-state index in [1.165, 1.54) is 0 Å². The number of aryl methyl sites for hydroxylation is 2. The Morgan fingerprint density at radius 2 is 2.21 bits per heavy atom. The second kappa shape index (κ2) is 6.16. The third kappa shape index (κ3) is 3.33. The van der Waals surface area contributed by atoms with Crippen LogP contribution in [0.5, 0.6) is 5.75 Å². The average Bonchev–Trinajstić information content (AvgIpc) is 2.64. The number of hydrogen-bond acceptors (Lipinski definition) is 4. The van der Waals surface area contributed by atoms with E-state index in [-0.39, 0.29) is 0 Å². The monoisotopic (exact) mass is 324 g/mol. The van der Waals surface area contributed by atoms with Gasteiger partial charge in [-0.25, -0.2) is 0 Å². The molecule has 0 fully saturated rings. The summed E-state index contributed by atoms with van der Waals surface area (Å²) in [6.07, 6.45) is 1.74. The predicted octanol–water partition coefficient (Wildman–Crippen LogP) is 2.18. The van der Waals surface area contributed by atoms with Crippen molar-refractivity contribution in [1.82, 2.24) is 20.1 Å². The van der Waals surface area contributed by atoms with Gasteiger partial charge in [0.05, 0.1) is 27.8 Å². The van der Waals surface area contributed by atoms with E-state index in [2.05, 4.69) is 31.3 Å². The van der Waals surface area contributed by atoms with Gasteiger partial charge in [-0.2, -0.15) is 5.10 Å². The number of nitrogens with one attached hydrogen (secondary N) is 1. The molecule has 0 atom stereocenters. The van der Waals surface area contributed by atoms with E-state index in [1.54, 1.807) is 6.20 Å². The van der Waals surface area contributed by atoms with Gasteiger partial charge in [0.1, 0.15) is 12.4 Å². The topological polar surface area (TPSA) is 52.0 Å². The van der Waals surface area contributed by atoms with Crippen LogP contribution < -0.4 is 10.1 Å². The van der Waals surface area contributed by atoms with Crippen molar-refractivity contribution in [1.29, 1.82) is 0 Å². The Bertz CT molecular complexity index is 551. The molecule has 0 radical (unpaired) electrons. The van der Waals surface area contributed by atoms with Crippen LogP contribution in [0.3, 0.4) is 0 Å². The van der Waals surface area contributed by atoms with E-state index in [0.29, 0.717) is 6.61 Å². The van der Waals surface area contributed by atoms with Crippen LogP contribution in [0, 0.1) is 6.92 Å². The molecule has 6 heteroatoms. The van der Waals surface area contributed by atoms with Gasteiger partial charge in [0.2, 0.25) is 0 Å². The average molecular weight is 325 g/mol. The van der Waals surface area contributed by atoms with E-state index in [0.717, 1.165) is 33.8 Å². The molecule has 0 unspecified atom stereocenters. The van der Waals surface area contributed by atoms with Crippen molar-refractivity contribution in [3.8, 4) is 5.75 Å². The summed E-state index contributed by atoms with van der Waals surface area (Å²) < 4.78 is 8.54. The van der Waals surface area contributed by atoms with E-state index in [9.17, 15) is 0 Å². The summed E-state index contributed by atoms with van der Waals surface area (Å²) in [6.45, 7) is 3.18. The first-order chi connectivity index (χ1) is 9.11. The van der Waals surface area contributed by atoms with Gasteiger partial charge < -0.3 is 10.1 Å². The molecule has 0 aliphatic rings. The van der Waals surface area contributed by atoms with Crippen molar-refractivity contribution in [2.24, 2.45) is 7.05 Å². The second-order valence-electron chi connectivity index (χ2n) is 4.27. The van der Waals surface area contributed by atoms with Gasteiger partial charge in [-0.15, -0.1) is 0 Å². The smallest absolute Gasteiger partial charge is 0.138 e. The van der Waals surface area contributed by atoms with E-state index in [1.807, 2.05) is 37.8 Å². The Hall–Kier alpha value is -1.40. The van der Waals surface area contributed by atoms with Crippen molar-refractivity contribution in [2.45, 2.75) is 20.1 Å². The molecule has 2 rings (SSSR count). The van der Waals surface area contributed by atoms with Crippen LogP contribution in [0.4, 0.5) is 0 Å². The van der Waals surface area contributed by atoms with E-state index >= 15 is 0 Å². The molecule has 0 aromatic carbocycles. The first kappa shape index (κ1) is 14.0. The molecule has 0 aliphatic heterocycles. The maximum Gasteiger partial charge on any atom is 0.138 e. The zero-order valence-corrected chi connectivity index (χ0v) is 12.9. The Kier molecular flexibility index (Phi) is 4.55. The second-order valence-corrected chi connectivity index (χ2v) is 5.07. The number of rotatable bonds is 5. The zero-order chi connectivity index (χ0) is 13.8. The third-order valence-corrected chi connectivity index (χ3v) is 3.82. The van der Waals surface area contributed by atoms with Gasteiger partial charge in [-0.1, -0.05) is 0 Å². The summed E-state index contributed by atoms with van der Waals surface area (Å²) in [7, 11) is 3.80. The van der Waals surface area contributed by atoms with Crippen LogP contribution in [0.15, 0.2) is 22.8 Å². The summed E-state index contributed by atoms with van der Waals surface area (Å²) in [4.78, 5) is 4.31. The molecule has 2 aromatic heterocycles. The third-order valence-electron chi connectivity index (χ3n) is 2.79. The molecule has 0 amide bonds. The fraction of sp³-hybridized carbons (Fsp3) is 0.385. The Morgan fingerprint density at radius 1 is 1.42 bits per heavy atom. The van der Waals surface area contributed by atoms with Crippen molar-refractivity contribution >= 4 is 15.9 Å². The molecule has 2 aromatic rings. The van der Waals surface area contributed by atoms with Gasteiger partial charge in [0.25, 0.3) is 0 Å². The predicted molar refractivity (Wildman–Crippen MR) is 77.0 cm³/mol. The fourth-order valence-electron chi connectivity index (χ4n) is 1.77. The van der Waals surface area contributed by atoms with Crippen molar-refractivity contribution in [3.05, 3.63) is 39.9 Å². The van der Waals surface area contributed by atoms with E-state index < -0.39 is 0 Å². The summed E-state index contributed by atoms with van der Waals surface area (Å²) in [5.41, 5.74) is 2.97. The first-order valence-electron chi connectivity index (χ1n) is 6.02. The van der Waals surface area contributed by atoms with Crippen LogP contribution in [0.25, 0.3) is 0 Å². The molecule has 0 aliphatic carbocycles. The minimum absolute atomic E-state index is 0.463. The number of pyridine rings is 1.